The van der Waals surface area contributed by atoms with Gasteiger partial charge in [0, 0.05) is 17.3 Å². The third-order valence-corrected chi connectivity index (χ3v) is 4.54. The molecule has 0 bridgehead atoms. The van der Waals surface area contributed by atoms with Crippen molar-refractivity contribution in [3.05, 3.63) is 53.2 Å². The Morgan fingerprint density at radius 3 is 2.78 bits per heavy atom. The second kappa shape index (κ2) is 7.23. The molecule has 0 aliphatic heterocycles. The Kier molecular flexibility index (Phi) is 5.08. The predicted octanol–water partition coefficient (Wildman–Crippen LogP) is 5.14. The lowest BCUT2D eigenvalue weighted by molar-refractivity contribution is 0.489. The summed E-state index contributed by atoms with van der Waals surface area (Å²) in [5.74, 6) is 2.81. The highest BCUT2D eigenvalue weighted by Crippen LogP contribution is 2.28. The molecule has 0 aliphatic rings. The lowest BCUT2D eigenvalue weighted by Gasteiger charge is -2.11. The summed E-state index contributed by atoms with van der Waals surface area (Å²) in [7, 11) is 0. The van der Waals surface area contributed by atoms with E-state index in [4.69, 9.17) is 16.0 Å². The molecule has 1 aromatic carbocycles. The molecule has 0 atom stereocenters. The predicted molar refractivity (Wildman–Crippen MR) is 93.6 cm³/mol. The molecule has 0 spiro atoms. The topological polar surface area (TPSA) is 43.9 Å². The van der Waals surface area contributed by atoms with E-state index in [0.29, 0.717) is 5.92 Å². The van der Waals surface area contributed by atoms with E-state index < -0.39 is 0 Å². The number of benzene rings is 1. The molecule has 0 aliphatic carbocycles. The maximum Gasteiger partial charge on any atom is 0.200 e. The van der Waals surface area contributed by atoms with Gasteiger partial charge in [0.05, 0.1) is 6.26 Å². The van der Waals surface area contributed by atoms with E-state index in [1.807, 2.05) is 30.3 Å². The van der Waals surface area contributed by atoms with E-state index in [2.05, 4.69) is 34.7 Å². The van der Waals surface area contributed by atoms with Crippen LogP contribution >= 0.6 is 23.4 Å². The number of hydrogen-bond donors (Lipinski definition) is 0. The average Bonchev–Trinajstić information content (AvgIpc) is 3.14. The van der Waals surface area contributed by atoms with E-state index in [1.165, 1.54) is 5.56 Å². The maximum absolute atomic E-state index is 6.04. The summed E-state index contributed by atoms with van der Waals surface area (Å²) in [5, 5.41) is 10.3. The lowest BCUT2D eigenvalue weighted by atomic mass is 10.2. The molecule has 3 rings (SSSR count). The van der Waals surface area contributed by atoms with Gasteiger partial charge in [-0.15, -0.1) is 10.2 Å². The van der Waals surface area contributed by atoms with Crippen LogP contribution in [-0.4, -0.2) is 14.8 Å². The Morgan fingerprint density at radius 2 is 2.09 bits per heavy atom. The zero-order chi connectivity index (χ0) is 16.2. The van der Waals surface area contributed by atoms with Gasteiger partial charge in [-0.3, -0.25) is 4.57 Å². The fraction of sp³-hybridized carbons (Fsp3) is 0.294. The van der Waals surface area contributed by atoms with Crippen molar-refractivity contribution in [3.63, 3.8) is 0 Å². The normalized spacial score (nSPS) is 11.3. The van der Waals surface area contributed by atoms with E-state index in [-0.39, 0.29) is 0 Å². The summed E-state index contributed by atoms with van der Waals surface area (Å²) < 4.78 is 7.61. The molecule has 2 aromatic heterocycles. The second-order valence-corrected chi connectivity index (χ2v) is 7.09. The van der Waals surface area contributed by atoms with Crippen LogP contribution < -0.4 is 0 Å². The maximum atomic E-state index is 6.04. The third-order valence-electron chi connectivity index (χ3n) is 3.26. The highest BCUT2D eigenvalue weighted by atomic mass is 35.5. The summed E-state index contributed by atoms with van der Waals surface area (Å²) >= 11 is 7.70. The Balaban J connectivity index is 1.84. The largest absolute Gasteiger partial charge is 0.461 e. The summed E-state index contributed by atoms with van der Waals surface area (Å²) in [5.41, 5.74) is 1.17. The third kappa shape index (κ3) is 3.98. The van der Waals surface area contributed by atoms with Gasteiger partial charge in [0.15, 0.2) is 16.7 Å². The van der Waals surface area contributed by atoms with Gasteiger partial charge in [-0.05, 0) is 35.7 Å². The smallest absolute Gasteiger partial charge is 0.200 e. The van der Waals surface area contributed by atoms with Crippen molar-refractivity contribution >= 4 is 23.4 Å². The average molecular weight is 348 g/mol. The van der Waals surface area contributed by atoms with Crippen molar-refractivity contribution in [3.8, 4) is 11.6 Å². The fourth-order valence-electron chi connectivity index (χ4n) is 2.29. The van der Waals surface area contributed by atoms with Gasteiger partial charge in [-0.25, -0.2) is 0 Å². The van der Waals surface area contributed by atoms with Crippen LogP contribution in [0.25, 0.3) is 11.6 Å². The number of hydrogen-bond acceptors (Lipinski definition) is 4. The molecule has 23 heavy (non-hydrogen) atoms. The van der Waals surface area contributed by atoms with Crippen molar-refractivity contribution in [2.24, 2.45) is 5.92 Å². The van der Waals surface area contributed by atoms with E-state index in [1.54, 1.807) is 18.0 Å². The van der Waals surface area contributed by atoms with E-state index >= 15 is 0 Å². The summed E-state index contributed by atoms with van der Waals surface area (Å²) in [6, 6.07) is 11.7. The minimum Gasteiger partial charge on any atom is -0.461 e. The summed E-state index contributed by atoms with van der Waals surface area (Å²) in [4.78, 5) is 0. The number of thioether (sulfide) groups is 1. The molecule has 0 saturated heterocycles. The van der Waals surface area contributed by atoms with Gasteiger partial charge < -0.3 is 4.42 Å². The molecule has 0 saturated carbocycles. The van der Waals surface area contributed by atoms with E-state index in [9.17, 15) is 0 Å². The molecule has 0 N–H and O–H groups in total. The lowest BCUT2D eigenvalue weighted by Crippen LogP contribution is -2.07. The highest BCUT2D eigenvalue weighted by molar-refractivity contribution is 7.98. The minimum absolute atomic E-state index is 0.491. The Morgan fingerprint density at radius 1 is 1.22 bits per heavy atom. The number of halogens is 1. The number of furan rings is 1. The second-order valence-electron chi connectivity index (χ2n) is 5.71. The first-order valence-corrected chi connectivity index (χ1v) is 8.84. The SMILES string of the molecule is CC(C)Cn1c(SCc2cccc(Cl)c2)nnc1-c1ccco1. The monoisotopic (exact) mass is 347 g/mol. The van der Waals surface area contributed by atoms with Crippen molar-refractivity contribution in [1.29, 1.82) is 0 Å². The summed E-state index contributed by atoms with van der Waals surface area (Å²) in [6.07, 6.45) is 1.66. The van der Waals surface area contributed by atoms with Crippen LogP contribution in [0.5, 0.6) is 0 Å². The van der Waals surface area contributed by atoms with Crippen molar-refractivity contribution in [2.45, 2.75) is 31.3 Å². The molecule has 0 amide bonds. The highest BCUT2D eigenvalue weighted by Gasteiger charge is 2.17. The van der Waals surface area contributed by atoms with Gasteiger partial charge in [-0.1, -0.05) is 49.3 Å². The van der Waals surface area contributed by atoms with Crippen LogP contribution in [0.15, 0.2) is 52.2 Å². The van der Waals surface area contributed by atoms with Gasteiger partial charge >= 0.3 is 0 Å². The zero-order valence-corrected chi connectivity index (χ0v) is 14.6. The van der Waals surface area contributed by atoms with E-state index in [0.717, 1.165) is 34.1 Å². The first-order valence-electron chi connectivity index (χ1n) is 7.48. The van der Waals surface area contributed by atoms with Gasteiger partial charge in [-0.2, -0.15) is 0 Å². The van der Waals surface area contributed by atoms with Gasteiger partial charge in [0.2, 0.25) is 0 Å². The quantitative estimate of drug-likeness (QED) is 0.579. The zero-order valence-electron chi connectivity index (χ0n) is 13.1. The minimum atomic E-state index is 0.491. The van der Waals surface area contributed by atoms with Crippen LogP contribution in [0.1, 0.15) is 19.4 Å². The molecule has 2 heterocycles. The Hall–Kier alpha value is -1.72. The number of rotatable bonds is 6. The first kappa shape index (κ1) is 16.1. The fourth-order valence-corrected chi connectivity index (χ4v) is 3.39. The first-order chi connectivity index (χ1) is 11.1. The molecular weight excluding hydrogens is 330 g/mol. The van der Waals surface area contributed by atoms with Crippen LogP contribution in [0.4, 0.5) is 0 Å². The standard InChI is InChI=1S/C17H18ClN3OS/c1-12(2)10-21-16(15-7-4-8-22-15)19-20-17(21)23-11-13-5-3-6-14(18)9-13/h3-9,12H,10-11H2,1-2H3. The molecule has 0 radical (unpaired) electrons. The molecule has 6 heteroatoms. The molecule has 3 aromatic rings. The van der Waals surface area contributed by atoms with Gasteiger partial charge in [0.1, 0.15) is 0 Å². The van der Waals surface area contributed by atoms with Crippen LogP contribution in [0.3, 0.4) is 0 Å². The summed E-state index contributed by atoms with van der Waals surface area (Å²) in [6.45, 7) is 5.20. The molecule has 0 unspecified atom stereocenters. The molecule has 0 fully saturated rings. The van der Waals surface area contributed by atoms with Crippen LogP contribution in [0.2, 0.25) is 5.02 Å². The van der Waals surface area contributed by atoms with Gasteiger partial charge in [0.25, 0.3) is 0 Å². The molecular formula is C17H18ClN3OS. The number of nitrogens with zero attached hydrogens (tertiary/aromatic N) is 3. The molecule has 4 nitrogen and oxygen atoms in total. The van der Waals surface area contributed by atoms with Crippen molar-refractivity contribution in [2.75, 3.05) is 0 Å². The van der Waals surface area contributed by atoms with Crippen LogP contribution in [-0.2, 0) is 12.3 Å². The molecule has 120 valence electrons. The van der Waals surface area contributed by atoms with Crippen LogP contribution in [0, 0.1) is 5.92 Å². The van der Waals surface area contributed by atoms with Crippen molar-refractivity contribution in [1.82, 2.24) is 14.8 Å². The Bertz CT molecular complexity index is 768. The Labute approximate surface area is 144 Å². The van der Waals surface area contributed by atoms with Crippen molar-refractivity contribution < 1.29 is 4.42 Å². The number of aromatic nitrogens is 3.